The van der Waals surface area contributed by atoms with Crippen molar-refractivity contribution in [3.05, 3.63) is 71.3 Å². The lowest BCUT2D eigenvalue weighted by molar-refractivity contribution is 1.51. The van der Waals surface area contributed by atoms with Gasteiger partial charge in [-0.25, -0.2) is 0 Å². The van der Waals surface area contributed by atoms with E-state index in [0.717, 1.165) is 21.8 Å². The van der Waals surface area contributed by atoms with E-state index in [0.29, 0.717) is 0 Å². The van der Waals surface area contributed by atoms with Crippen LogP contribution < -0.4 is 0 Å². The van der Waals surface area contributed by atoms with Gasteiger partial charge in [-0.3, -0.25) is 4.99 Å². The standard InChI is InChI=1S/C15H12ClN/c1-2-12-5-9-15(10-6-12)17-11-13-3-7-14(16)8-4-13/h2-11H,1H2. The number of nitrogens with zero attached hydrogens (tertiary/aromatic N) is 1. The van der Waals surface area contributed by atoms with E-state index in [1.807, 2.05) is 60.8 Å². The quantitative estimate of drug-likeness (QED) is 0.689. The summed E-state index contributed by atoms with van der Waals surface area (Å²) in [6.07, 6.45) is 3.63. The van der Waals surface area contributed by atoms with Crippen LogP contribution in [-0.4, -0.2) is 6.21 Å². The lowest BCUT2D eigenvalue weighted by Crippen LogP contribution is -1.79. The molecule has 1 nitrogen and oxygen atoms in total. The van der Waals surface area contributed by atoms with Crippen LogP contribution in [-0.2, 0) is 0 Å². The van der Waals surface area contributed by atoms with Crippen molar-refractivity contribution in [2.45, 2.75) is 0 Å². The van der Waals surface area contributed by atoms with Gasteiger partial charge >= 0.3 is 0 Å². The Kier molecular flexibility index (Phi) is 3.73. The first kappa shape index (κ1) is 11.6. The Bertz CT molecular complexity index is 524. The van der Waals surface area contributed by atoms with Crippen molar-refractivity contribution in [3.63, 3.8) is 0 Å². The topological polar surface area (TPSA) is 12.4 Å². The van der Waals surface area contributed by atoms with Crippen LogP contribution in [0, 0.1) is 0 Å². The molecule has 0 aromatic heterocycles. The molecular formula is C15H12ClN. The smallest absolute Gasteiger partial charge is 0.0630 e. The predicted octanol–water partition coefficient (Wildman–Crippen LogP) is 4.73. The maximum Gasteiger partial charge on any atom is 0.0630 e. The van der Waals surface area contributed by atoms with Gasteiger partial charge in [0.2, 0.25) is 0 Å². The molecule has 0 aliphatic carbocycles. The van der Waals surface area contributed by atoms with Gasteiger partial charge in [0.15, 0.2) is 0 Å². The van der Waals surface area contributed by atoms with E-state index in [1.54, 1.807) is 0 Å². The van der Waals surface area contributed by atoms with Crippen molar-refractivity contribution < 1.29 is 0 Å². The lowest BCUT2D eigenvalue weighted by atomic mass is 10.2. The molecule has 0 atom stereocenters. The summed E-state index contributed by atoms with van der Waals surface area (Å²) in [5, 5.41) is 0.734. The van der Waals surface area contributed by atoms with Gasteiger partial charge in [0.25, 0.3) is 0 Å². The van der Waals surface area contributed by atoms with Crippen LogP contribution in [0.4, 0.5) is 5.69 Å². The average molecular weight is 242 g/mol. The maximum atomic E-state index is 5.81. The molecule has 84 valence electrons. The predicted molar refractivity (Wildman–Crippen MR) is 75.2 cm³/mol. The van der Waals surface area contributed by atoms with Gasteiger partial charge in [0, 0.05) is 11.2 Å². The number of benzene rings is 2. The van der Waals surface area contributed by atoms with Gasteiger partial charge in [0.05, 0.1) is 5.69 Å². The van der Waals surface area contributed by atoms with Crippen LogP contribution in [0.2, 0.25) is 5.02 Å². The van der Waals surface area contributed by atoms with Crippen LogP contribution in [0.15, 0.2) is 60.1 Å². The summed E-state index contributed by atoms with van der Waals surface area (Å²) in [5.74, 6) is 0. The largest absolute Gasteiger partial charge is 0.256 e. The van der Waals surface area contributed by atoms with Crippen molar-refractivity contribution in [2.75, 3.05) is 0 Å². The molecule has 0 heterocycles. The Morgan fingerprint density at radius 3 is 2.06 bits per heavy atom. The molecule has 0 fully saturated rings. The fourth-order valence-corrected chi connectivity index (χ4v) is 1.52. The zero-order valence-corrected chi connectivity index (χ0v) is 10.1. The van der Waals surface area contributed by atoms with E-state index < -0.39 is 0 Å². The lowest BCUT2D eigenvalue weighted by Gasteiger charge is -1.96. The average Bonchev–Trinajstić information content (AvgIpc) is 2.39. The zero-order valence-electron chi connectivity index (χ0n) is 9.31. The molecule has 0 spiro atoms. The molecule has 0 N–H and O–H groups in total. The van der Waals surface area contributed by atoms with Crippen LogP contribution in [0.3, 0.4) is 0 Å². The van der Waals surface area contributed by atoms with Crippen molar-refractivity contribution in [1.29, 1.82) is 0 Å². The van der Waals surface area contributed by atoms with Gasteiger partial charge in [-0.2, -0.15) is 0 Å². The minimum atomic E-state index is 0.734. The molecule has 0 unspecified atom stereocenters. The maximum absolute atomic E-state index is 5.81. The highest BCUT2D eigenvalue weighted by atomic mass is 35.5. The number of hydrogen-bond donors (Lipinski definition) is 0. The highest BCUT2D eigenvalue weighted by Gasteiger charge is 1.90. The molecule has 0 saturated heterocycles. The van der Waals surface area contributed by atoms with Crippen molar-refractivity contribution >= 4 is 29.6 Å². The summed E-state index contributed by atoms with van der Waals surface area (Å²) < 4.78 is 0. The normalized spacial score (nSPS) is 10.6. The van der Waals surface area contributed by atoms with E-state index in [-0.39, 0.29) is 0 Å². The fourth-order valence-electron chi connectivity index (χ4n) is 1.39. The van der Waals surface area contributed by atoms with Crippen LogP contribution in [0.1, 0.15) is 11.1 Å². The van der Waals surface area contributed by atoms with Crippen LogP contribution in [0.25, 0.3) is 6.08 Å². The number of halogens is 1. The van der Waals surface area contributed by atoms with Crippen molar-refractivity contribution in [3.8, 4) is 0 Å². The summed E-state index contributed by atoms with van der Waals surface area (Å²) in [4.78, 5) is 4.38. The minimum absolute atomic E-state index is 0.734. The van der Waals surface area contributed by atoms with E-state index in [1.165, 1.54) is 0 Å². The third-order valence-corrected chi connectivity index (χ3v) is 2.61. The summed E-state index contributed by atoms with van der Waals surface area (Å²) in [5.41, 5.74) is 3.04. The monoisotopic (exact) mass is 241 g/mol. The van der Waals surface area contributed by atoms with Gasteiger partial charge in [-0.05, 0) is 35.4 Å². The summed E-state index contributed by atoms with van der Waals surface area (Å²) in [6, 6.07) is 15.5. The molecule has 0 amide bonds. The highest BCUT2D eigenvalue weighted by Crippen LogP contribution is 2.14. The minimum Gasteiger partial charge on any atom is -0.256 e. The molecule has 0 aliphatic heterocycles. The Morgan fingerprint density at radius 2 is 1.47 bits per heavy atom. The Balaban J connectivity index is 2.14. The summed E-state index contributed by atoms with van der Waals surface area (Å²) in [6.45, 7) is 3.71. The third kappa shape index (κ3) is 3.30. The van der Waals surface area contributed by atoms with Crippen LogP contribution in [0.5, 0.6) is 0 Å². The molecule has 2 heteroatoms. The summed E-state index contributed by atoms with van der Waals surface area (Å²) >= 11 is 5.81. The first-order chi connectivity index (χ1) is 8.28. The van der Waals surface area contributed by atoms with Crippen LogP contribution >= 0.6 is 11.6 Å². The first-order valence-electron chi connectivity index (χ1n) is 5.30. The van der Waals surface area contributed by atoms with Gasteiger partial charge in [-0.15, -0.1) is 0 Å². The van der Waals surface area contributed by atoms with E-state index in [2.05, 4.69) is 11.6 Å². The number of hydrogen-bond acceptors (Lipinski definition) is 1. The van der Waals surface area contributed by atoms with E-state index in [4.69, 9.17) is 11.6 Å². The summed E-state index contributed by atoms with van der Waals surface area (Å²) in [7, 11) is 0. The fraction of sp³-hybridized carbons (Fsp3) is 0. The Morgan fingerprint density at radius 1 is 0.882 bits per heavy atom. The molecule has 0 saturated carbocycles. The highest BCUT2D eigenvalue weighted by molar-refractivity contribution is 6.30. The first-order valence-corrected chi connectivity index (χ1v) is 5.68. The van der Waals surface area contributed by atoms with Gasteiger partial charge < -0.3 is 0 Å². The van der Waals surface area contributed by atoms with Crippen molar-refractivity contribution in [1.82, 2.24) is 0 Å². The Hall–Kier alpha value is -1.86. The van der Waals surface area contributed by atoms with Gasteiger partial charge in [0.1, 0.15) is 0 Å². The second-order valence-electron chi connectivity index (χ2n) is 3.61. The molecule has 0 radical (unpaired) electrons. The van der Waals surface area contributed by atoms with E-state index >= 15 is 0 Å². The van der Waals surface area contributed by atoms with Gasteiger partial charge in [-0.1, -0.05) is 48.5 Å². The number of aliphatic imine (C=N–C) groups is 1. The zero-order chi connectivity index (χ0) is 12.1. The molecule has 2 rings (SSSR count). The molecule has 0 aliphatic rings. The third-order valence-electron chi connectivity index (χ3n) is 2.36. The molecule has 2 aromatic carbocycles. The number of rotatable bonds is 3. The molecule has 17 heavy (non-hydrogen) atoms. The second-order valence-corrected chi connectivity index (χ2v) is 4.04. The van der Waals surface area contributed by atoms with Crippen molar-refractivity contribution in [2.24, 2.45) is 4.99 Å². The molecule has 0 bridgehead atoms. The second kappa shape index (κ2) is 5.46. The Labute approximate surface area is 106 Å². The SMILES string of the molecule is C=Cc1ccc(N=Cc2ccc(Cl)cc2)cc1. The van der Waals surface area contributed by atoms with E-state index in [9.17, 15) is 0 Å². The molecule has 2 aromatic rings. The molecular weight excluding hydrogens is 230 g/mol.